The second kappa shape index (κ2) is 3.84. The lowest BCUT2D eigenvalue weighted by atomic mass is 10.0. The van der Waals surface area contributed by atoms with Gasteiger partial charge in [0.15, 0.2) is 0 Å². The molecule has 1 aliphatic rings. The van der Waals surface area contributed by atoms with Crippen molar-refractivity contribution in [1.29, 1.82) is 0 Å². The zero-order valence-electron chi connectivity index (χ0n) is 8.59. The summed E-state index contributed by atoms with van der Waals surface area (Å²) in [4.78, 5) is 2.31. The molecule has 74 valence electrons. The Kier molecular flexibility index (Phi) is 2.55. The Hall–Kier alpha value is -1.28. The summed E-state index contributed by atoms with van der Waals surface area (Å²) in [6.07, 6.45) is 2.99. The SMILES string of the molecule is C=Cc1ccc(N2CNC2)cc1CC. The van der Waals surface area contributed by atoms with Crippen LogP contribution in [-0.2, 0) is 6.42 Å². The molecule has 0 spiro atoms. The van der Waals surface area contributed by atoms with Crippen LogP contribution < -0.4 is 10.2 Å². The van der Waals surface area contributed by atoms with Gasteiger partial charge in [0.2, 0.25) is 0 Å². The minimum absolute atomic E-state index is 0.969. The van der Waals surface area contributed by atoms with Crippen LogP contribution in [-0.4, -0.2) is 13.3 Å². The third kappa shape index (κ3) is 1.53. The maximum atomic E-state index is 3.82. The van der Waals surface area contributed by atoms with Crippen molar-refractivity contribution in [3.8, 4) is 0 Å². The van der Waals surface area contributed by atoms with Crippen LogP contribution in [0.15, 0.2) is 24.8 Å². The number of anilines is 1. The van der Waals surface area contributed by atoms with E-state index in [-0.39, 0.29) is 0 Å². The van der Waals surface area contributed by atoms with Crippen molar-refractivity contribution in [1.82, 2.24) is 5.32 Å². The van der Waals surface area contributed by atoms with Crippen molar-refractivity contribution in [2.45, 2.75) is 13.3 Å². The Balaban J connectivity index is 2.30. The van der Waals surface area contributed by atoms with Gasteiger partial charge in [-0.25, -0.2) is 0 Å². The van der Waals surface area contributed by atoms with Crippen LogP contribution in [0, 0.1) is 0 Å². The number of hydrogen-bond acceptors (Lipinski definition) is 2. The highest BCUT2D eigenvalue weighted by Crippen LogP contribution is 2.21. The molecular weight excluding hydrogens is 172 g/mol. The van der Waals surface area contributed by atoms with Crippen LogP contribution in [0.1, 0.15) is 18.1 Å². The van der Waals surface area contributed by atoms with E-state index >= 15 is 0 Å². The molecule has 0 amide bonds. The first kappa shape index (κ1) is 9.28. The van der Waals surface area contributed by atoms with E-state index in [1.54, 1.807) is 0 Å². The second-order valence-corrected chi connectivity index (χ2v) is 3.55. The van der Waals surface area contributed by atoms with Crippen LogP contribution in [0.2, 0.25) is 0 Å². The quantitative estimate of drug-likeness (QED) is 0.782. The first-order chi connectivity index (χ1) is 6.85. The maximum Gasteiger partial charge on any atom is 0.0708 e. The Morgan fingerprint density at radius 1 is 1.50 bits per heavy atom. The molecule has 1 aromatic carbocycles. The molecule has 0 atom stereocenters. The van der Waals surface area contributed by atoms with Gasteiger partial charge >= 0.3 is 0 Å². The van der Waals surface area contributed by atoms with Crippen LogP contribution in [0.5, 0.6) is 0 Å². The lowest BCUT2D eigenvalue weighted by molar-refractivity contribution is 0.524. The summed E-state index contributed by atoms with van der Waals surface area (Å²) in [6.45, 7) is 7.94. The Morgan fingerprint density at radius 3 is 2.79 bits per heavy atom. The van der Waals surface area contributed by atoms with Crippen LogP contribution >= 0.6 is 0 Å². The van der Waals surface area contributed by atoms with Crippen LogP contribution in [0.25, 0.3) is 6.08 Å². The number of aryl methyl sites for hydroxylation is 1. The zero-order chi connectivity index (χ0) is 9.97. The molecule has 1 N–H and O–H groups in total. The molecule has 1 aliphatic heterocycles. The summed E-state index contributed by atoms with van der Waals surface area (Å²) in [6, 6.07) is 6.58. The third-order valence-electron chi connectivity index (χ3n) is 2.70. The standard InChI is InChI=1S/C12H16N2/c1-3-10-5-6-12(7-11(10)4-2)14-8-13-9-14/h3,5-7,13H,1,4,8-9H2,2H3. The minimum atomic E-state index is 0.969. The highest BCUT2D eigenvalue weighted by Gasteiger charge is 2.13. The number of nitrogens with zero attached hydrogens (tertiary/aromatic N) is 1. The minimum Gasteiger partial charge on any atom is -0.346 e. The fourth-order valence-electron chi connectivity index (χ4n) is 1.70. The molecule has 2 heteroatoms. The molecule has 1 fully saturated rings. The van der Waals surface area contributed by atoms with Crippen molar-refractivity contribution in [2.24, 2.45) is 0 Å². The van der Waals surface area contributed by atoms with Gasteiger partial charge in [-0.1, -0.05) is 25.6 Å². The first-order valence-electron chi connectivity index (χ1n) is 5.06. The number of rotatable bonds is 3. The smallest absolute Gasteiger partial charge is 0.0708 e. The predicted molar refractivity (Wildman–Crippen MR) is 61.3 cm³/mol. The number of nitrogens with one attached hydrogen (secondary N) is 1. The fraction of sp³-hybridized carbons (Fsp3) is 0.333. The normalized spacial score (nSPS) is 15.1. The van der Waals surface area contributed by atoms with E-state index in [2.05, 4.69) is 41.9 Å². The molecule has 0 aliphatic carbocycles. The van der Waals surface area contributed by atoms with E-state index in [0.717, 1.165) is 19.8 Å². The average molecular weight is 188 g/mol. The second-order valence-electron chi connectivity index (χ2n) is 3.55. The average Bonchev–Trinajstić information content (AvgIpc) is 2.15. The van der Waals surface area contributed by atoms with Crippen molar-refractivity contribution >= 4 is 11.8 Å². The van der Waals surface area contributed by atoms with Crippen LogP contribution in [0.3, 0.4) is 0 Å². The van der Waals surface area contributed by atoms with E-state index in [9.17, 15) is 0 Å². The van der Waals surface area contributed by atoms with Gasteiger partial charge in [0.05, 0.1) is 13.3 Å². The number of benzene rings is 1. The van der Waals surface area contributed by atoms with Crippen molar-refractivity contribution in [2.75, 3.05) is 18.2 Å². The molecule has 2 nitrogen and oxygen atoms in total. The molecule has 0 radical (unpaired) electrons. The van der Waals surface area contributed by atoms with Gasteiger partial charge in [0.1, 0.15) is 0 Å². The molecular formula is C12H16N2. The van der Waals surface area contributed by atoms with Gasteiger partial charge in [0, 0.05) is 5.69 Å². The highest BCUT2D eigenvalue weighted by molar-refractivity contribution is 5.60. The molecule has 2 rings (SSSR count). The topological polar surface area (TPSA) is 15.3 Å². The van der Waals surface area contributed by atoms with E-state index in [0.29, 0.717) is 0 Å². The fourth-order valence-corrected chi connectivity index (χ4v) is 1.70. The molecule has 0 saturated carbocycles. The summed E-state index contributed by atoms with van der Waals surface area (Å²) in [7, 11) is 0. The molecule has 0 bridgehead atoms. The van der Waals surface area contributed by atoms with E-state index in [1.807, 2.05) is 6.08 Å². The van der Waals surface area contributed by atoms with Gasteiger partial charge in [-0.3, -0.25) is 5.32 Å². The van der Waals surface area contributed by atoms with Crippen molar-refractivity contribution < 1.29 is 0 Å². The van der Waals surface area contributed by atoms with Gasteiger partial charge in [-0.05, 0) is 29.7 Å². The third-order valence-corrected chi connectivity index (χ3v) is 2.70. The molecule has 1 heterocycles. The van der Waals surface area contributed by atoms with Gasteiger partial charge < -0.3 is 4.90 Å². The summed E-state index contributed by atoms with van der Waals surface area (Å²) in [5.74, 6) is 0. The summed E-state index contributed by atoms with van der Waals surface area (Å²) >= 11 is 0. The highest BCUT2D eigenvalue weighted by atomic mass is 15.4. The largest absolute Gasteiger partial charge is 0.346 e. The lowest BCUT2D eigenvalue weighted by Gasteiger charge is -2.34. The number of hydrogen-bond donors (Lipinski definition) is 1. The van der Waals surface area contributed by atoms with Crippen molar-refractivity contribution in [3.05, 3.63) is 35.9 Å². The molecule has 1 saturated heterocycles. The zero-order valence-corrected chi connectivity index (χ0v) is 8.59. The van der Waals surface area contributed by atoms with Gasteiger partial charge in [-0.2, -0.15) is 0 Å². The lowest BCUT2D eigenvalue weighted by Crippen LogP contribution is -2.52. The van der Waals surface area contributed by atoms with E-state index in [4.69, 9.17) is 0 Å². The Morgan fingerprint density at radius 2 is 2.29 bits per heavy atom. The Bertz CT molecular complexity index is 340. The molecule has 14 heavy (non-hydrogen) atoms. The van der Waals surface area contributed by atoms with Gasteiger partial charge in [-0.15, -0.1) is 0 Å². The maximum absolute atomic E-state index is 3.82. The summed E-state index contributed by atoms with van der Waals surface area (Å²) < 4.78 is 0. The summed E-state index contributed by atoms with van der Waals surface area (Å²) in [5.41, 5.74) is 3.94. The first-order valence-corrected chi connectivity index (χ1v) is 5.06. The predicted octanol–water partition coefficient (Wildman–Crippen LogP) is 2.22. The molecule has 1 aromatic rings. The Labute approximate surface area is 85.2 Å². The van der Waals surface area contributed by atoms with E-state index < -0.39 is 0 Å². The molecule has 0 unspecified atom stereocenters. The van der Waals surface area contributed by atoms with Crippen LogP contribution in [0.4, 0.5) is 5.69 Å². The molecule has 0 aromatic heterocycles. The van der Waals surface area contributed by atoms with E-state index in [1.165, 1.54) is 16.8 Å². The van der Waals surface area contributed by atoms with Gasteiger partial charge in [0.25, 0.3) is 0 Å². The summed E-state index contributed by atoms with van der Waals surface area (Å²) in [5, 5.41) is 3.23. The monoisotopic (exact) mass is 188 g/mol. The van der Waals surface area contributed by atoms with Crippen molar-refractivity contribution in [3.63, 3.8) is 0 Å².